The van der Waals surface area contributed by atoms with E-state index in [-0.39, 0.29) is 5.91 Å². The Morgan fingerprint density at radius 1 is 1.60 bits per heavy atom. The lowest BCUT2D eigenvalue weighted by molar-refractivity contribution is -0.127. The fourth-order valence-electron chi connectivity index (χ4n) is 1.74. The minimum Gasteiger partial charge on any atom is -0.391 e. The molecule has 0 bridgehead atoms. The standard InChI is InChI=1S/C11H22N2O2/c1-9(2)12(3)5-4-6-13-8-10(14)7-11(13)15/h9-10,14H,4-8H2,1-3H3. The van der Waals surface area contributed by atoms with Gasteiger partial charge < -0.3 is 14.9 Å². The van der Waals surface area contributed by atoms with E-state index in [1.165, 1.54) is 0 Å². The molecule has 1 saturated heterocycles. The van der Waals surface area contributed by atoms with Crippen LogP contribution in [0.25, 0.3) is 0 Å². The minimum absolute atomic E-state index is 0.0923. The fourth-order valence-corrected chi connectivity index (χ4v) is 1.74. The molecule has 0 radical (unpaired) electrons. The predicted octanol–water partition coefficient (Wildman–Crippen LogP) is 0.310. The van der Waals surface area contributed by atoms with Crippen molar-refractivity contribution in [2.75, 3.05) is 26.7 Å². The Hall–Kier alpha value is -0.610. The topological polar surface area (TPSA) is 43.8 Å². The number of aliphatic hydroxyl groups is 1. The zero-order valence-corrected chi connectivity index (χ0v) is 9.94. The third kappa shape index (κ3) is 3.80. The van der Waals surface area contributed by atoms with E-state index in [0.717, 1.165) is 19.5 Å². The number of nitrogens with zero attached hydrogens (tertiary/aromatic N) is 2. The van der Waals surface area contributed by atoms with Crippen LogP contribution in [0.1, 0.15) is 26.7 Å². The monoisotopic (exact) mass is 214 g/mol. The van der Waals surface area contributed by atoms with Gasteiger partial charge in [0.25, 0.3) is 0 Å². The molecule has 4 heteroatoms. The van der Waals surface area contributed by atoms with E-state index in [1.54, 1.807) is 4.90 Å². The number of carbonyl (C=O) groups excluding carboxylic acids is 1. The number of carbonyl (C=O) groups is 1. The van der Waals surface area contributed by atoms with Gasteiger partial charge in [-0.15, -0.1) is 0 Å². The highest BCUT2D eigenvalue weighted by atomic mass is 16.3. The van der Waals surface area contributed by atoms with Crippen molar-refractivity contribution in [1.82, 2.24) is 9.80 Å². The molecule has 1 aliphatic rings. The normalized spacial score (nSPS) is 22.1. The van der Waals surface area contributed by atoms with Gasteiger partial charge in [-0.05, 0) is 33.9 Å². The van der Waals surface area contributed by atoms with E-state index in [1.807, 2.05) is 0 Å². The molecular weight excluding hydrogens is 192 g/mol. The predicted molar refractivity (Wildman–Crippen MR) is 59.6 cm³/mol. The van der Waals surface area contributed by atoms with Gasteiger partial charge in [-0.3, -0.25) is 4.79 Å². The molecule has 0 aromatic rings. The van der Waals surface area contributed by atoms with Crippen molar-refractivity contribution >= 4 is 5.91 Å². The maximum absolute atomic E-state index is 11.3. The Morgan fingerprint density at radius 3 is 2.73 bits per heavy atom. The summed E-state index contributed by atoms with van der Waals surface area (Å²) in [5.74, 6) is 0.0923. The van der Waals surface area contributed by atoms with Crippen molar-refractivity contribution in [1.29, 1.82) is 0 Å². The van der Waals surface area contributed by atoms with Gasteiger partial charge in [0.15, 0.2) is 0 Å². The molecule has 1 amide bonds. The SMILES string of the molecule is CC(C)N(C)CCCN1CC(O)CC1=O. The highest BCUT2D eigenvalue weighted by molar-refractivity contribution is 5.78. The van der Waals surface area contributed by atoms with Crippen molar-refractivity contribution in [2.24, 2.45) is 0 Å². The molecule has 0 spiro atoms. The van der Waals surface area contributed by atoms with E-state index < -0.39 is 6.10 Å². The van der Waals surface area contributed by atoms with E-state index in [9.17, 15) is 9.90 Å². The van der Waals surface area contributed by atoms with Crippen LogP contribution in [0.4, 0.5) is 0 Å². The van der Waals surface area contributed by atoms with Crippen LogP contribution in [0, 0.1) is 0 Å². The zero-order chi connectivity index (χ0) is 11.4. The molecule has 1 aliphatic heterocycles. The number of β-amino-alcohol motifs (C(OH)–C–C–N with tert-alkyl or cyclic N) is 1. The first-order chi connectivity index (χ1) is 7.00. The summed E-state index contributed by atoms with van der Waals surface area (Å²) in [6, 6.07) is 0.546. The first-order valence-corrected chi connectivity index (χ1v) is 5.66. The lowest BCUT2D eigenvalue weighted by Gasteiger charge is -2.22. The van der Waals surface area contributed by atoms with Gasteiger partial charge >= 0.3 is 0 Å². The van der Waals surface area contributed by atoms with Crippen LogP contribution in [-0.2, 0) is 4.79 Å². The Bertz CT molecular complexity index is 219. The van der Waals surface area contributed by atoms with Gasteiger partial charge in [-0.1, -0.05) is 0 Å². The number of rotatable bonds is 5. The molecule has 1 heterocycles. The van der Waals surface area contributed by atoms with E-state index in [4.69, 9.17) is 0 Å². The lowest BCUT2D eigenvalue weighted by Crippen LogP contribution is -2.32. The average molecular weight is 214 g/mol. The number of hydrogen-bond donors (Lipinski definition) is 1. The summed E-state index contributed by atoms with van der Waals surface area (Å²) in [5.41, 5.74) is 0. The highest BCUT2D eigenvalue weighted by Crippen LogP contribution is 2.11. The molecule has 0 aromatic carbocycles. The molecular formula is C11H22N2O2. The highest BCUT2D eigenvalue weighted by Gasteiger charge is 2.27. The summed E-state index contributed by atoms with van der Waals surface area (Å²) in [6.45, 7) is 6.60. The van der Waals surface area contributed by atoms with Crippen LogP contribution in [0.5, 0.6) is 0 Å². The van der Waals surface area contributed by atoms with E-state index in [2.05, 4.69) is 25.8 Å². The second-order valence-corrected chi connectivity index (χ2v) is 4.63. The van der Waals surface area contributed by atoms with Crippen LogP contribution in [0.15, 0.2) is 0 Å². The summed E-state index contributed by atoms with van der Waals surface area (Å²) in [6.07, 6.45) is 0.841. The number of likely N-dealkylation sites (tertiary alicyclic amines) is 1. The molecule has 1 fully saturated rings. The molecule has 0 aromatic heterocycles. The second kappa shape index (κ2) is 5.47. The summed E-state index contributed by atoms with van der Waals surface area (Å²) in [4.78, 5) is 15.4. The molecule has 1 rings (SSSR count). The second-order valence-electron chi connectivity index (χ2n) is 4.63. The van der Waals surface area contributed by atoms with Crippen molar-refractivity contribution in [3.05, 3.63) is 0 Å². The molecule has 4 nitrogen and oxygen atoms in total. The Morgan fingerprint density at radius 2 is 2.27 bits per heavy atom. The summed E-state index contributed by atoms with van der Waals surface area (Å²) in [5, 5.41) is 9.29. The number of aliphatic hydroxyl groups excluding tert-OH is 1. The third-order valence-electron chi connectivity index (χ3n) is 3.01. The molecule has 0 aliphatic carbocycles. The Balaban J connectivity index is 2.18. The zero-order valence-electron chi connectivity index (χ0n) is 9.94. The number of hydrogen-bond acceptors (Lipinski definition) is 3. The van der Waals surface area contributed by atoms with Gasteiger partial charge in [-0.25, -0.2) is 0 Å². The molecule has 0 saturated carbocycles. The van der Waals surface area contributed by atoms with Gasteiger partial charge in [-0.2, -0.15) is 0 Å². The largest absolute Gasteiger partial charge is 0.391 e. The van der Waals surface area contributed by atoms with Crippen LogP contribution in [0.2, 0.25) is 0 Å². The van der Waals surface area contributed by atoms with Gasteiger partial charge in [0.1, 0.15) is 0 Å². The van der Waals surface area contributed by atoms with Gasteiger partial charge in [0.2, 0.25) is 5.91 Å². The third-order valence-corrected chi connectivity index (χ3v) is 3.01. The summed E-state index contributed by atoms with van der Waals surface area (Å²) in [7, 11) is 2.09. The van der Waals surface area contributed by atoms with Crippen LogP contribution in [0.3, 0.4) is 0 Å². The summed E-state index contributed by atoms with van der Waals surface area (Å²) < 4.78 is 0. The lowest BCUT2D eigenvalue weighted by atomic mass is 10.3. The van der Waals surface area contributed by atoms with Crippen LogP contribution < -0.4 is 0 Å². The quantitative estimate of drug-likeness (QED) is 0.716. The smallest absolute Gasteiger partial charge is 0.225 e. The molecule has 1 unspecified atom stereocenters. The van der Waals surface area contributed by atoms with Crippen LogP contribution >= 0.6 is 0 Å². The van der Waals surface area contributed by atoms with Crippen molar-refractivity contribution in [2.45, 2.75) is 38.8 Å². The molecule has 1 N–H and O–H groups in total. The maximum atomic E-state index is 11.3. The Kier molecular flexibility index (Phi) is 4.54. The average Bonchev–Trinajstić information content (AvgIpc) is 2.45. The molecule has 15 heavy (non-hydrogen) atoms. The van der Waals surface area contributed by atoms with Gasteiger partial charge in [0.05, 0.1) is 12.5 Å². The van der Waals surface area contributed by atoms with Gasteiger partial charge in [0, 0.05) is 19.1 Å². The first-order valence-electron chi connectivity index (χ1n) is 5.66. The minimum atomic E-state index is -0.444. The Labute approximate surface area is 91.9 Å². The summed E-state index contributed by atoms with van der Waals surface area (Å²) >= 11 is 0. The fraction of sp³-hybridized carbons (Fsp3) is 0.909. The van der Waals surface area contributed by atoms with Crippen molar-refractivity contribution in [3.63, 3.8) is 0 Å². The maximum Gasteiger partial charge on any atom is 0.225 e. The number of amides is 1. The van der Waals surface area contributed by atoms with E-state index >= 15 is 0 Å². The van der Waals surface area contributed by atoms with Crippen molar-refractivity contribution < 1.29 is 9.90 Å². The molecule has 88 valence electrons. The van der Waals surface area contributed by atoms with Crippen LogP contribution in [-0.4, -0.2) is 59.6 Å². The molecule has 1 atom stereocenters. The van der Waals surface area contributed by atoms with Crippen molar-refractivity contribution in [3.8, 4) is 0 Å². The van der Waals surface area contributed by atoms with E-state index in [0.29, 0.717) is 19.0 Å². The first kappa shape index (κ1) is 12.5.